The topological polar surface area (TPSA) is 60.2 Å². The summed E-state index contributed by atoms with van der Waals surface area (Å²) in [4.78, 5) is 12.5. The van der Waals surface area contributed by atoms with Crippen molar-refractivity contribution in [2.24, 2.45) is 10.2 Å². The lowest BCUT2D eigenvalue weighted by atomic mass is 10.1. The van der Waals surface area contributed by atoms with Crippen molar-refractivity contribution in [3.63, 3.8) is 0 Å². The molecule has 160 valence electrons. The number of rotatable bonds is 7. The van der Waals surface area contributed by atoms with Crippen LogP contribution in [0.3, 0.4) is 0 Å². The van der Waals surface area contributed by atoms with Gasteiger partial charge in [-0.25, -0.2) is 4.79 Å². The maximum Gasteiger partial charge on any atom is 0.343 e. The van der Waals surface area contributed by atoms with E-state index in [1.54, 1.807) is 36.4 Å². The van der Waals surface area contributed by atoms with Crippen LogP contribution in [0.1, 0.15) is 29.3 Å². The predicted octanol–water partition coefficient (Wildman–Crippen LogP) is 7.57. The van der Waals surface area contributed by atoms with Crippen molar-refractivity contribution in [1.82, 2.24) is 0 Å². The predicted molar refractivity (Wildman–Crippen MR) is 126 cm³/mol. The highest BCUT2D eigenvalue weighted by Crippen LogP contribution is 2.27. The van der Waals surface area contributed by atoms with Crippen molar-refractivity contribution >= 4 is 28.1 Å². The molecule has 0 aliphatic rings. The number of fused-ring (bicyclic) bond motifs is 1. The van der Waals surface area contributed by atoms with Crippen LogP contribution in [0.15, 0.2) is 95.2 Å². The first-order valence-corrected chi connectivity index (χ1v) is 10.6. The molecule has 0 fully saturated rings. The third kappa shape index (κ3) is 5.19. The Kier molecular flexibility index (Phi) is 6.56. The molecule has 32 heavy (non-hydrogen) atoms. The molecule has 0 aliphatic heterocycles. The average Bonchev–Trinajstić information content (AvgIpc) is 2.83. The highest BCUT2D eigenvalue weighted by atomic mass is 16.5. The van der Waals surface area contributed by atoms with E-state index in [-0.39, 0.29) is 0 Å². The SMILES string of the molecule is CCCOc1ccc(C(=O)Oc2ccc(N=Nc3ccc4ccccc4c3)cc2C)cc1. The minimum atomic E-state index is -0.416. The van der Waals surface area contributed by atoms with Crippen LogP contribution < -0.4 is 9.47 Å². The molecule has 0 saturated heterocycles. The number of aryl methyl sites for hydroxylation is 1. The van der Waals surface area contributed by atoms with Crippen molar-refractivity contribution in [3.8, 4) is 11.5 Å². The zero-order valence-corrected chi connectivity index (χ0v) is 18.1. The van der Waals surface area contributed by atoms with E-state index >= 15 is 0 Å². The van der Waals surface area contributed by atoms with Crippen LogP contribution in [0.4, 0.5) is 11.4 Å². The van der Waals surface area contributed by atoms with E-state index in [1.807, 2.05) is 56.3 Å². The molecule has 0 saturated carbocycles. The molecule has 0 N–H and O–H groups in total. The van der Waals surface area contributed by atoms with E-state index in [1.165, 1.54) is 0 Å². The van der Waals surface area contributed by atoms with Gasteiger partial charge in [-0.2, -0.15) is 10.2 Å². The quantitative estimate of drug-likeness (QED) is 0.175. The Morgan fingerprint density at radius 2 is 1.50 bits per heavy atom. The van der Waals surface area contributed by atoms with Gasteiger partial charge in [-0.05, 0) is 84.3 Å². The molecule has 4 aromatic carbocycles. The molecular formula is C27H24N2O3. The van der Waals surface area contributed by atoms with Crippen LogP contribution in [0.25, 0.3) is 10.8 Å². The van der Waals surface area contributed by atoms with Crippen molar-refractivity contribution < 1.29 is 14.3 Å². The summed E-state index contributed by atoms with van der Waals surface area (Å²) in [7, 11) is 0. The molecule has 0 aromatic heterocycles. The van der Waals surface area contributed by atoms with Gasteiger partial charge in [0.15, 0.2) is 0 Å². The normalized spacial score (nSPS) is 11.1. The molecule has 0 bridgehead atoms. The van der Waals surface area contributed by atoms with Crippen LogP contribution >= 0.6 is 0 Å². The minimum absolute atomic E-state index is 0.416. The smallest absolute Gasteiger partial charge is 0.343 e. The lowest BCUT2D eigenvalue weighted by Gasteiger charge is -2.09. The van der Waals surface area contributed by atoms with Gasteiger partial charge in [-0.15, -0.1) is 0 Å². The second-order valence-corrected chi connectivity index (χ2v) is 7.44. The molecule has 0 radical (unpaired) electrons. The Morgan fingerprint density at radius 3 is 2.22 bits per heavy atom. The summed E-state index contributed by atoms with van der Waals surface area (Å²) in [5, 5.41) is 10.9. The van der Waals surface area contributed by atoms with Crippen LogP contribution in [0.2, 0.25) is 0 Å². The fraction of sp³-hybridized carbons (Fsp3) is 0.148. The molecule has 0 spiro atoms. The highest BCUT2D eigenvalue weighted by molar-refractivity contribution is 5.91. The van der Waals surface area contributed by atoms with Crippen LogP contribution in [0.5, 0.6) is 11.5 Å². The third-order valence-electron chi connectivity index (χ3n) is 4.94. The molecule has 4 rings (SSSR count). The lowest BCUT2D eigenvalue weighted by molar-refractivity contribution is 0.0733. The molecular weight excluding hydrogens is 400 g/mol. The minimum Gasteiger partial charge on any atom is -0.494 e. The third-order valence-corrected chi connectivity index (χ3v) is 4.94. The highest BCUT2D eigenvalue weighted by Gasteiger charge is 2.11. The maximum absolute atomic E-state index is 12.5. The number of esters is 1. The first kappa shape index (κ1) is 21.2. The Hall–Kier alpha value is -3.99. The first-order valence-electron chi connectivity index (χ1n) is 10.6. The lowest BCUT2D eigenvalue weighted by Crippen LogP contribution is -2.09. The number of azo groups is 1. The summed E-state index contributed by atoms with van der Waals surface area (Å²) < 4.78 is 11.1. The summed E-state index contributed by atoms with van der Waals surface area (Å²) in [6.07, 6.45) is 0.931. The van der Waals surface area contributed by atoms with Gasteiger partial charge in [-0.1, -0.05) is 37.3 Å². The van der Waals surface area contributed by atoms with Crippen molar-refractivity contribution in [3.05, 3.63) is 96.1 Å². The number of benzene rings is 4. The number of carbonyl (C=O) groups excluding carboxylic acids is 1. The summed E-state index contributed by atoms with van der Waals surface area (Å²) in [5.41, 5.74) is 2.74. The van der Waals surface area contributed by atoms with E-state index in [0.29, 0.717) is 23.6 Å². The van der Waals surface area contributed by atoms with E-state index in [9.17, 15) is 4.79 Å². The molecule has 4 aromatic rings. The van der Waals surface area contributed by atoms with Crippen LogP contribution in [0, 0.1) is 6.92 Å². The fourth-order valence-electron chi connectivity index (χ4n) is 3.23. The van der Waals surface area contributed by atoms with E-state index in [0.717, 1.165) is 34.2 Å². The van der Waals surface area contributed by atoms with E-state index < -0.39 is 5.97 Å². The zero-order chi connectivity index (χ0) is 22.3. The Morgan fingerprint density at radius 1 is 0.812 bits per heavy atom. The molecule has 0 unspecified atom stereocenters. The van der Waals surface area contributed by atoms with Crippen molar-refractivity contribution in [2.75, 3.05) is 6.61 Å². The molecule has 0 heterocycles. The number of ether oxygens (including phenoxy) is 2. The molecule has 0 atom stereocenters. The van der Waals surface area contributed by atoms with Gasteiger partial charge in [0.1, 0.15) is 11.5 Å². The number of nitrogens with zero attached hydrogens (tertiary/aromatic N) is 2. The van der Waals surface area contributed by atoms with Crippen LogP contribution in [-0.2, 0) is 0 Å². The monoisotopic (exact) mass is 424 g/mol. The second-order valence-electron chi connectivity index (χ2n) is 7.44. The maximum atomic E-state index is 12.5. The number of hydrogen-bond acceptors (Lipinski definition) is 5. The van der Waals surface area contributed by atoms with Gasteiger partial charge in [0, 0.05) is 0 Å². The summed E-state index contributed by atoms with van der Waals surface area (Å²) >= 11 is 0. The van der Waals surface area contributed by atoms with Gasteiger partial charge >= 0.3 is 5.97 Å². The van der Waals surface area contributed by atoms with Gasteiger partial charge in [-0.3, -0.25) is 0 Å². The average molecular weight is 425 g/mol. The van der Waals surface area contributed by atoms with Crippen molar-refractivity contribution in [2.45, 2.75) is 20.3 Å². The Balaban J connectivity index is 1.43. The molecule has 0 aliphatic carbocycles. The Labute approximate surface area is 187 Å². The molecule has 0 amide bonds. The standard InChI is InChI=1S/C27H24N2O3/c1-3-16-31-25-13-9-21(10-14-25)27(30)32-26-15-12-23(17-19(26)2)28-29-24-11-8-20-6-4-5-7-22(20)18-24/h4-15,17-18H,3,16H2,1-2H3. The van der Waals surface area contributed by atoms with Crippen LogP contribution in [-0.4, -0.2) is 12.6 Å². The van der Waals surface area contributed by atoms with Gasteiger partial charge in [0.2, 0.25) is 0 Å². The van der Waals surface area contributed by atoms with Gasteiger partial charge < -0.3 is 9.47 Å². The summed E-state index contributed by atoms with van der Waals surface area (Å²) in [6, 6.07) is 26.4. The fourth-order valence-corrected chi connectivity index (χ4v) is 3.23. The Bertz CT molecular complexity index is 1260. The summed E-state index contributed by atoms with van der Waals surface area (Å²) in [5.74, 6) is 0.812. The van der Waals surface area contributed by atoms with Gasteiger partial charge in [0.05, 0.1) is 23.5 Å². The van der Waals surface area contributed by atoms with E-state index in [4.69, 9.17) is 9.47 Å². The van der Waals surface area contributed by atoms with Gasteiger partial charge in [0.25, 0.3) is 0 Å². The number of carbonyl (C=O) groups is 1. The summed E-state index contributed by atoms with van der Waals surface area (Å²) in [6.45, 7) is 4.57. The second kappa shape index (κ2) is 9.88. The zero-order valence-electron chi connectivity index (χ0n) is 18.1. The molecule has 5 heteroatoms. The number of hydrogen-bond donors (Lipinski definition) is 0. The molecule has 5 nitrogen and oxygen atoms in total. The van der Waals surface area contributed by atoms with Crippen molar-refractivity contribution in [1.29, 1.82) is 0 Å². The largest absolute Gasteiger partial charge is 0.494 e. The van der Waals surface area contributed by atoms with E-state index in [2.05, 4.69) is 16.3 Å². The first-order chi connectivity index (χ1) is 15.6.